The number of rotatable bonds is 7. The Morgan fingerprint density at radius 1 is 1.28 bits per heavy atom. The molecule has 0 bridgehead atoms. The first-order chi connectivity index (χ1) is 12.2. The number of aryl methyl sites for hydroxylation is 1. The third kappa shape index (κ3) is 3.97. The van der Waals surface area contributed by atoms with Gasteiger partial charge in [0.1, 0.15) is 5.82 Å². The minimum absolute atomic E-state index is 0.0693. The number of aromatic nitrogens is 2. The lowest BCUT2D eigenvalue weighted by Crippen LogP contribution is -2.16. The number of anilines is 1. The third-order valence-corrected chi connectivity index (χ3v) is 3.87. The fourth-order valence-corrected chi connectivity index (χ4v) is 2.64. The van der Waals surface area contributed by atoms with Crippen LogP contribution >= 0.6 is 0 Å². The van der Waals surface area contributed by atoms with Gasteiger partial charge in [-0.3, -0.25) is 4.79 Å². The van der Waals surface area contributed by atoms with Gasteiger partial charge in [0.2, 0.25) is 0 Å². The number of amides is 1. The molecule has 6 nitrogen and oxygen atoms in total. The number of nitrogens with zero attached hydrogens (tertiary/aromatic N) is 2. The molecule has 3 rings (SSSR count). The van der Waals surface area contributed by atoms with Gasteiger partial charge >= 0.3 is 0 Å². The molecule has 25 heavy (non-hydrogen) atoms. The van der Waals surface area contributed by atoms with E-state index in [1.165, 1.54) is 11.8 Å². The summed E-state index contributed by atoms with van der Waals surface area (Å²) in [4.78, 5) is 12.2. The van der Waals surface area contributed by atoms with Gasteiger partial charge in [-0.25, -0.2) is 4.68 Å². The highest BCUT2D eigenvalue weighted by atomic mass is 16.3. The minimum atomic E-state index is -0.353. The summed E-state index contributed by atoms with van der Waals surface area (Å²) in [5, 5.41) is 16.5. The molecule has 0 aliphatic heterocycles. The average Bonchev–Trinajstić information content (AvgIpc) is 3.27. The molecule has 1 aromatic carbocycles. The highest BCUT2D eigenvalue weighted by Gasteiger charge is 2.15. The smallest absolute Gasteiger partial charge is 0.292 e. The van der Waals surface area contributed by atoms with E-state index in [9.17, 15) is 9.90 Å². The second kappa shape index (κ2) is 7.81. The molecule has 0 saturated heterocycles. The number of carbonyl (C=O) groups is 1. The molecule has 0 atom stereocenters. The van der Waals surface area contributed by atoms with Crippen LogP contribution in [-0.4, -0.2) is 27.4 Å². The molecule has 3 aromatic rings. The van der Waals surface area contributed by atoms with Crippen LogP contribution in [0.25, 0.3) is 11.3 Å². The summed E-state index contributed by atoms with van der Waals surface area (Å²) in [5.74, 6) is 0.388. The van der Waals surface area contributed by atoms with Crippen molar-refractivity contribution in [1.82, 2.24) is 9.78 Å². The van der Waals surface area contributed by atoms with E-state index in [4.69, 9.17) is 4.42 Å². The van der Waals surface area contributed by atoms with E-state index >= 15 is 0 Å². The first-order valence-electron chi connectivity index (χ1n) is 8.34. The van der Waals surface area contributed by atoms with Gasteiger partial charge in [-0.15, -0.1) is 0 Å². The Morgan fingerprint density at radius 2 is 2.08 bits per heavy atom. The van der Waals surface area contributed by atoms with Gasteiger partial charge < -0.3 is 14.8 Å². The van der Waals surface area contributed by atoms with E-state index in [0.717, 1.165) is 24.1 Å². The number of carbonyl (C=O) groups excluding carboxylic acids is 1. The maximum atomic E-state index is 12.2. The minimum Gasteiger partial charge on any atom is -0.459 e. The van der Waals surface area contributed by atoms with Gasteiger partial charge in [0.05, 0.1) is 25.1 Å². The number of furan rings is 1. The maximum absolute atomic E-state index is 12.2. The Labute approximate surface area is 146 Å². The molecule has 130 valence electrons. The van der Waals surface area contributed by atoms with Crippen molar-refractivity contribution in [2.24, 2.45) is 0 Å². The summed E-state index contributed by atoms with van der Waals surface area (Å²) in [5.41, 5.74) is 2.99. The number of nitrogens with one attached hydrogen (secondary N) is 1. The lowest BCUT2D eigenvalue weighted by Gasteiger charge is -2.05. The van der Waals surface area contributed by atoms with Crippen molar-refractivity contribution in [1.29, 1.82) is 0 Å². The molecule has 0 saturated carbocycles. The summed E-state index contributed by atoms with van der Waals surface area (Å²) in [6.07, 6.45) is 3.60. The Hall–Kier alpha value is -2.86. The number of aliphatic hydroxyl groups excluding tert-OH is 1. The zero-order valence-corrected chi connectivity index (χ0v) is 14.1. The largest absolute Gasteiger partial charge is 0.459 e. The van der Waals surface area contributed by atoms with Crippen molar-refractivity contribution >= 4 is 11.7 Å². The predicted molar refractivity (Wildman–Crippen MR) is 95.4 cm³/mol. The van der Waals surface area contributed by atoms with Crippen LogP contribution in [0.1, 0.15) is 29.5 Å². The fourth-order valence-electron chi connectivity index (χ4n) is 2.64. The van der Waals surface area contributed by atoms with Crippen LogP contribution in [0.4, 0.5) is 5.82 Å². The topological polar surface area (TPSA) is 80.3 Å². The van der Waals surface area contributed by atoms with E-state index in [1.54, 1.807) is 22.9 Å². The van der Waals surface area contributed by atoms with Crippen LogP contribution in [0.15, 0.2) is 53.1 Å². The summed E-state index contributed by atoms with van der Waals surface area (Å²) < 4.78 is 6.68. The van der Waals surface area contributed by atoms with E-state index in [2.05, 4.69) is 29.5 Å². The van der Waals surface area contributed by atoms with Crippen molar-refractivity contribution < 1.29 is 14.3 Å². The molecule has 2 heterocycles. The van der Waals surface area contributed by atoms with Gasteiger partial charge in [0.15, 0.2) is 5.76 Å². The van der Waals surface area contributed by atoms with Crippen molar-refractivity contribution in [3.63, 3.8) is 0 Å². The van der Waals surface area contributed by atoms with Crippen molar-refractivity contribution in [2.45, 2.75) is 26.3 Å². The van der Waals surface area contributed by atoms with E-state index in [1.807, 2.05) is 12.1 Å². The van der Waals surface area contributed by atoms with Crippen LogP contribution in [-0.2, 0) is 13.0 Å². The number of aliphatic hydroxyl groups is 1. The SMILES string of the molecule is CCCc1ccc(-c2cc(NC(=O)c3ccco3)n(CCO)n2)cc1. The summed E-state index contributed by atoms with van der Waals surface area (Å²) in [7, 11) is 0. The van der Waals surface area contributed by atoms with Gasteiger partial charge in [0, 0.05) is 11.6 Å². The molecule has 0 spiro atoms. The molecule has 0 unspecified atom stereocenters. The standard InChI is InChI=1S/C19H21N3O3/c1-2-4-14-6-8-15(9-7-14)16-13-18(22(21-16)10-11-23)20-19(24)17-5-3-12-25-17/h3,5-9,12-13,23H,2,4,10-11H2,1H3,(H,20,24). The van der Waals surface area contributed by atoms with Crippen LogP contribution in [0.2, 0.25) is 0 Å². The average molecular weight is 339 g/mol. The highest BCUT2D eigenvalue weighted by molar-refractivity contribution is 6.01. The van der Waals surface area contributed by atoms with E-state index in [-0.39, 0.29) is 18.3 Å². The van der Waals surface area contributed by atoms with Crippen molar-refractivity contribution in [3.05, 3.63) is 60.1 Å². The van der Waals surface area contributed by atoms with Gasteiger partial charge in [-0.05, 0) is 24.1 Å². The zero-order valence-electron chi connectivity index (χ0n) is 14.1. The number of hydrogen-bond acceptors (Lipinski definition) is 4. The Morgan fingerprint density at radius 3 is 2.72 bits per heavy atom. The quantitative estimate of drug-likeness (QED) is 0.692. The third-order valence-electron chi connectivity index (χ3n) is 3.87. The van der Waals surface area contributed by atoms with Crippen LogP contribution in [0.3, 0.4) is 0 Å². The molecule has 0 radical (unpaired) electrons. The first kappa shape index (κ1) is 17.0. The normalized spacial score (nSPS) is 10.8. The molecular weight excluding hydrogens is 318 g/mol. The van der Waals surface area contributed by atoms with E-state index in [0.29, 0.717) is 12.4 Å². The lowest BCUT2D eigenvalue weighted by atomic mass is 10.1. The van der Waals surface area contributed by atoms with Crippen LogP contribution in [0, 0.1) is 0 Å². The monoisotopic (exact) mass is 339 g/mol. The maximum Gasteiger partial charge on any atom is 0.292 e. The number of hydrogen-bond donors (Lipinski definition) is 2. The fraction of sp³-hybridized carbons (Fsp3) is 0.263. The Kier molecular flexibility index (Phi) is 5.30. The second-order valence-corrected chi connectivity index (χ2v) is 5.74. The molecule has 0 aliphatic carbocycles. The highest BCUT2D eigenvalue weighted by Crippen LogP contribution is 2.23. The molecule has 2 N–H and O–H groups in total. The van der Waals surface area contributed by atoms with Crippen molar-refractivity contribution in [2.75, 3.05) is 11.9 Å². The summed E-state index contributed by atoms with van der Waals surface area (Å²) in [6.45, 7) is 2.38. The van der Waals surface area contributed by atoms with Gasteiger partial charge in [-0.2, -0.15) is 5.10 Å². The first-order valence-corrected chi connectivity index (χ1v) is 8.34. The summed E-state index contributed by atoms with van der Waals surface area (Å²) >= 11 is 0. The molecule has 0 aliphatic rings. The van der Waals surface area contributed by atoms with Gasteiger partial charge in [-0.1, -0.05) is 37.6 Å². The second-order valence-electron chi connectivity index (χ2n) is 5.74. The van der Waals surface area contributed by atoms with Crippen LogP contribution in [0.5, 0.6) is 0 Å². The van der Waals surface area contributed by atoms with Crippen molar-refractivity contribution in [3.8, 4) is 11.3 Å². The molecule has 0 fully saturated rings. The Balaban J connectivity index is 1.84. The molecular formula is C19H21N3O3. The molecule has 6 heteroatoms. The van der Waals surface area contributed by atoms with E-state index < -0.39 is 0 Å². The lowest BCUT2D eigenvalue weighted by molar-refractivity contribution is 0.0995. The molecule has 1 amide bonds. The summed E-state index contributed by atoms with van der Waals surface area (Å²) in [6, 6.07) is 13.3. The zero-order chi connectivity index (χ0) is 17.6. The Bertz CT molecular complexity index is 820. The van der Waals surface area contributed by atoms with Gasteiger partial charge in [0.25, 0.3) is 5.91 Å². The predicted octanol–water partition coefficient (Wildman–Crippen LogP) is 3.34. The molecule has 2 aromatic heterocycles. The number of benzene rings is 1. The van der Waals surface area contributed by atoms with Crippen LogP contribution < -0.4 is 5.32 Å².